The van der Waals surface area contributed by atoms with E-state index in [-0.39, 0.29) is 6.03 Å². The van der Waals surface area contributed by atoms with E-state index in [0.717, 1.165) is 39.7 Å². The Morgan fingerprint density at radius 3 is 2.79 bits per heavy atom. The average Bonchev–Trinajstić information content (AvgIpc) is 3.20. The van der Waals surface area contributed by atoms with Crippen LogP contribution in [0.5, 0.6) is 0 Å². The van der Waals surface area contributed by atoms with Crippen LogP contribution in [0.1, 0.15) is 18.9 Å². The number of pyridine rings is 1. The first-order valence-corrected chi connectivity index (χ1v) is 9.69. The fourth-order valence-electron chi connectivity index (χ4n) is 3.30. The number of fused-ring (bicyclic) bond motifs is 1. The van der Waals surface area contributed by atoms with E-state index >= 15 is 0 Å². The molecule has 0 saturated carbocycles. The number of hydrogen-bond donors (Lipinski definition) is 3. The van der Waals surface area contributed by atoms with Gasteiger partial charge in [0.2, 0.25) is 0 Å². The Kier molecular flexibility index (Phi) is 5.24. The number of aromatic nitrogens is 3. The lowest BCUT2D eigenvalue weighted by Gasteiger charge is -2.13. The molecule has 0 aliphatic rings. The van der Waals surface area contributed by atoms with Gasteiger partial charge in [-0.3, -0.25) is 10.1 Å². The maximum Gasteiger partial charge on any atom is 0.319 e. The first-order chi connectivity index (χ1) is 14.1. The predicted molar refractivity (Wildman–Crippen MR) is 117 cm³/mol. The van der Waals surface area contributed by atoms with Crippen molar-refractivity contribution in [3.8, 4) is 22.4 Å². The highest BCUT2D eigenvalue weighted by Gasteiger charge is 2.13. The zero-order chi connectivity index (χ0) is 20.2. The van der Waals surface area contributed by atoms with Gasteiger partial charge in [-0.25, -0.2) is 4.79 Å². The summed E-state index contributed by atoms with van der Waals surface area (Å²) in [7, 11) is 0. The Hall–Kier alpha value is -3.67. The van der Waals surface area contributed by atoms with Gasteiger partial charge in [0.25, 0.3) is 0 Å². The molecule has 2 amide bonds. The zero-order valence-electron chi connectivity index (χ0n) is 16.5. The second-order valence-electron chi connectivity index (χ2n) is 7.04. The lowest BCUT2D eigenvalue weighted by atomic mass is 9.97. The fourth-order valence-corrected chi connectivity index (χ4v) is 3.30. The second kappa shape index (κ2) is 8.14. The Morgan fingerprint density at radius 1 is 1.07 bits per heavy atom. The molecule has 0 fully saturated rings. The van der Waals surface area contributed by atoms with Gasteiger partial charge in [0.1, 0.15) is 0 Å². The number of aryl methyl sites for hydroxylation is 1. The molecule has 29 heavy (non-hydrogen) atoms. The number of aromatic amines is 1. The number of carbonyl (C=O) groups is 1. The van der Waals surface area contributed by atoms with Gasteiger partial charge in [-0.1, -0.05) is 36.8 Å². The molecule has 0 bridgehead atoms. The van der Waals surface area contributed by atoms with Gasteiger partial charge in [-0.05, 0) is 43.2 Å². The third-order valence-corrected chi connectivity index (χ3v) is 4.72. The van der Waals surface area contributed by atoms with Crippen molar-refractivity contribution in [1.82, 2.24) is 20.5 Å². The number of urea groups is 1. The molecule has 3 N–H and O–H groups in total. The van der Waals surface area contributed by atoms with E-state index < -0.39 is 0 Å². The van der Waals surface area contributed by atoms with E-state index in [1.54, 1.807) is 12.4 Å². The Balaban J connectivity index is 1.79. The van der Waals surface area contributed by atoms with E-state index in [4.69, 9.17) is 4.98 Å². The molecule has 2 aromatic heterocycles. The van der Waals surface area contributed by atoms with Crippen molar-refractivity contribution in [3.05, 3.63) is 66.5 Å². The van der Waals surface area contributed by atoms with Crippen LogP contribution in [-0.4, -0.2) is 27.8 Å². The van der Waals surface area contributed by atoms with Crippen LogP contribution in [0.2, 0.25) is 0 Å². The average molecular weight is 385 g/mol. The summed E-state index contributed by atoms with van der Waals surface area (Å²) in [6, 6.07) is 16.1. The van der Waals surface area contributed by atoms with Gasteiger partial charge in [-0.2, -0.15) is 5.10 Å². The molecule has 0 radical (unpaired) electrons. The Labute approximate surface area is 169 Å². The van der Waals surface area contributed by atoms with Gasteiger partial charge < -0.3 is 10.6 Å². The van der Waals surface area contributed by atoms with Crippen molar-refractivity contribution in [3.63, 3.8) is 0 Å². The molecule has 0 atom stereocenters. The molecule has 0 spiro atoms. The van der Waals surface area contributed by atoms with Crippen molar-refractivity contribution in [2.24, 2.45) is 0 Å². The van der Waals surface area contributed by atoms with Gasteiger partial charge in [0.15, 0.2) is 0 Å². The molecule has 2 aromatic carbocycles. The number of nitrogens with zero attached hydrogens (tertiary/aromatic N) is 2. The first kappa shape index (κ1) is 18.7. The monoisotopic (exact) mass is 385 g/mol. The number of benzene rings is 2. The molecule has 0 aliphatic heterocycles. The number of H-pyrrole nitrogens is 1. The number of rotatable bonds is 5. The van der Waals surface area contributed by atoms with E-state index in [0.29, 0.717) is 12.2 Å². The number of anilines is 1. The minimum Gasteiger partial charge on any atom is -0.338 e. The Bertz CT molecular complexity index is 1160. The summed E-state index contributed by atoms with van der Waals surface area (Å²) in [5, 5.41) is 13.8. The van der Waals surface area contributed by atoms with E-state index in [1.165, 1.54) is 5.56 Å². The maximum atomic E-state index is 12.1. The van der Waals surface area contributed by atoms with Crippen molar-refractivity contribution < 1.29 is 4.79 Å². The minimum absolute atomic E-state index is 0.229. The van der Waals surface area contributed by atoms with Gasteiger partial charge in [0.05, 0.1) is 29.3 Å². The molecular formula is C23H23N5O. The van der Waals surface area contributed by atoms with Crippen molar-refractivity contribution >= 4 is 22.6 Å². The van der Waals surface area contributed by atoms with Crippen molar-refractivity contribution in [2.45, 2.75) is 20.3 Å². The van der Waals surface area contributed by atoms with Crippen LogP contribution in [0.3, 0.4) is 0 Å². The van der Waals surface area contributed by atoms with Crippen LogP contribution in [0.4, 0.5) is 10.5 Å². The summed E-state index contributed by atoms with van der Waals surface area (Å²) in [4.78, 5) is 16.8. The summed E-state index contributed by atoms with van der Waals surface area (Å²) in [5.41, 5.74) is 6.67. The zero-order valence-corrected chi connectivity index (χ0v) is 16.5. The van der Waals surface area contributed by atoms with Gasteiger partial charge in [-0.15, -0.1) is 0 Å². The van der Waals surface area contributed by atoms with Crippen LogP contribution in [0, 0.1) is 6.92 Å². The van der Waals surface area contributed by atoms with Crippen LogP contribution in [0.15, 0.2) is 60.9 Å². The first-order valence-electron chi connectivity index (χ1n) is 9.69. The standard InChI is InChI=1S/C23H23N5O/c1-3-9-24-23(29)27-19-12-20(16-7-8-21-18(11-16)13-26-28-21)22(25-14-19)17-6-4-5-15(2)10-17/h4-8,10-14H,3,9H2,1-2H3,(H,26,28)(H2,24,27,29). The SMILES string of the molecule is CCCNC(=O)Nc1cnc(-c2cccc(C)c2)c(-c2ccc3[nH]ncc3c2)c1. The van der Waals surface area contributed by atoms with E-state index in [1.807, 2.05) is 31.2 Å². The van der Waals surface area contributed by atoms with Crippen molar-refractivity contribution in [2.75, 3.05) is 11.9 Å². The Morgan fingerprint density at radius 2 is 1.97 bits per heavy atom. The van der Waals surface area contributed by atoms with E-state index in [2.05, 4.69) is 52.0 Å². The van der Waals surface area contributed by atoms with Crippen LogP contribution in [-0.2, 0) is 0 Å². The summed E-state index contributed by atoms with van der Waals surface area (Å²) in [6.07, 6.45) is 4.38. The van der Waals surface area contributed by atoms with Crippen LogP contribution >= 0.6 is 0 Å². The number of hydrogen-bond acceptors (Lipinski definition) is 3. The van der Waals surface area contributed by atoms with Crippen LogP contribution in [0.25, 0.3) is 33.3 Å². The molecule has 4 rings (SSSR count). The molecule has 4 aromatic rings. The third-order valence-electron chi connectivity index (χ3n) is 4.72. The quantitative estimate of drug-likeness (QED) is 0.445. The molecule has 146 valence electrons. The second-order valence-corrected chi connectivity index (χ2v) is 7.04. The van der Waals surface area contributed by atoms with Crippen molar-refractivity contribution in [1.29, 1.82) is 0 Å². The smallest absolute Gasteiger partial charge is 0.319 e. The summed E-state index contributed by atoms with van der Waals surface area (Å²) in [6.45, 7) is 4.71. The van der Waals surface area contributed by atoms with Gasteiger partial charge >= 0.3 is 6.03 Å². The molecule has 2 heterocycles. The van der Waals surface area contributed by atoms with Gasteiger partial charge in [0, 0.05) is 23.1 Å². The maximum absolute atomic E-state index is 12.1. The summed E-state index contributed by atoms with van der Waals surface area (Å²) >= 11 is 0. The lowest BCUT2D eigenvalue weighted by Crippen LogP contribution is -2.29. The van der Waals surface area contributed by atoms with Crippen LogP contribution < -0.4 is 10.6 Å². The molecule has 6 nitrogen and oxygen atoms in total. The highest BCUT2D eigenvalue weighted by Crippen LogP contribution is 2.34. The molecular weight excluding hydrogens is 362 g/mol. The van der Waals surface area contributed by atoms with E-state index in [9.17, 15) is 4.79 Å². The summed E-state index contributed by atoms with van der Waals surface area (Å²) < 4.78 is 0. The molecule has 6 heteroatoms. The number of carbonyl (C=O) groups excluding carboxylic acids is 1. The molecule has 0 aliphatic carbocycles. The number of amides is 2. The lowest BCUT2D eigenvalue weighted by molar-refractivity contribution is 0.252. The topological polar surface area (TPSA) is 82.7 Å². The number of nitrogens with one attached hydrogen (secondary N) is 3. The third kappa shape index (κ3) is 4.11. The normalized spacial score (nSPS) is 10.8. The fraction of sp³-hybridized carbons (Fsp3) is 0.174. The molecule has 0 unspecified atom stereocenters. The predicted octanol–water partition coefficient (Wildman–Crippen LogP) is 5.13. The largest absolute Gasteiger partial charge is 0.338 e. The summed E-state index contributed by atoms with van der Waals surface area (Å²) in [5.74, 6) is 0. The highest BCUT2D eigenvalue weighted by atomic mass is 16.2. The minimum atomic E-state index is -0.229. The molecule has 0 saturated heterocycles. The highest BCUT2D eigenvalue weighted by molar-refractivity contribution is 5.93.